The highest BCUT2D eigenvalue weighted by molar-refractivity contribution is 6.83. The molecule has 3 rings (SSSR count). The molecule has 0 fully saturated rings. The van der Waals surface area contributed by atoms with Crippen LogP contribution in [-0.4, -0.2) is 17.5 Å². The average Bonchev–Trinajstić information content (AvgIpc) is 2.84. The molecule has 104 valence electrons. The Bertz CT molecular complexity index is 830. The minimum atomic E-state index is -1.41. The molecule has 21 heavy (non-hydrogen) atoms. The van der Waals surface area contributed by atoms with Crippen LogP contribution in [0.1, 0.15) is 5.69 Å². The van der Waals surface area contributed by atoms with E-state index in [0.29, 0.717) is 0 Å². The fourth-order valence-electron chi connectivity index (χ4n) is 2.17. The predicted molar refractivity (Wildman–Crippen MR) is 90.9 cm³/mol. The van der Waals surface area contributed by atoms with E-state index in [2.05, 4.69) is 53.7 Å². The molecule has 2 aromatic heterocycles. The molecule has 0 amide bonds. The fraction of sp³-hybridized carbons (Fsp3) is 0.167. The Morgan fingerprint density at radius 3 is 2.38 bits per heavy atom. The number of benzene rings is 1. The number of rotatable bonds is 1. The van der Waals surface area contributed by atoms with Crippen molar-refractivity contribution in [3.05, 3.63) is 60.4 Å². The Kier molecular flexibility index (Phi) is 3.40. The van der Waals surface area contributed by atoms with Gasteiger partial charge in [0, 0.05) is 11.8 Å². The standard InChI is InChI=1S/C18H18N2Si/c1-21(2,3)14-12-16-17-11-7-8-13-20(17)18(19-16)15-9-5-4-6-10-15/h4-11,13H,1-3H3. The van der Waals surface area contributed by atoms with Gasteiger partial charge in [-0.1, -0.05) is 62.0 Å². The van der Waals surface area contributed by atoms with Gasteiger partial charge in [-0.25, -0.2) is 4.98 Å². The molecule has 0 spiro atoms. The molecular weight excluding hydrogens is 272 g/mol. The van der Waals surface area contributed by atoms with E-state index in [1.807, 2.05) is 36.5 Å². The van der Waals surface area contributed by atoms with Gasteiger partial charge in [-0.05, 0) is 12.1 Å². The predicted octanol–water partition coefficient (Wildman–Crippen LogP) is 4.23. The van der Waals surface area contributed by atoms with Crippen LogP contribution >= 0.6 is 0 Å². The lowest BCUT2D eigenvalue weighted by Crippen LogP contribution is -2.16. The second-order valence-electron chi connectivity index (χ2n) is 6.11. The first-order chi connectivity index (χ1) is 10.0. The third-order valence-electron chi connectivity index (χ3n) is 3.14. The molecule has 0 radical (unpaired) electrons. The summed E-state index contributed by atoms with van der Waals surface area (Å²) in [6.07, 6.45) is 2.05. The lowest BCUT2D eigenvalue weighted by atomic mass is 10.2. The van der Waals surface area contributed by atoms with Crippen molar-refractivity contribution in [2.45, 2.75) is 19.6 Å². The normalized spacial score (nSPS) is 11.2. The third kappa shape index (κ3) is 2.91. The highest BCUT2D eigenvalue weighted by Crippen LogP contribution is 2.22. The zero-order valence-corrected chi connectivity index (χ0v) is 13.6. The highest BCUT2D eigenvalue weighted by Gasteiger charge is 2.12. The minimum Gasteiger partial charge on any atom is -0.298 e. The summed E-state index contributed by atoms with van der Waals surface area (Å²) in [5.41, 5.74) is 6.46. The summed E-state index contributed by atoms with van der Waals surface area (Å²) in [6.45, 7) is 6.74. The Hall–Kier alpha value is -2.31. The first kappa shape index (κ1) is 13.7. The van der Waals surface area contributed by atoms with E-state index in [1.54, 1.807) is 0 Å². The molecule has 0 aliphatic heterocycles. The Morgan fingerprint density at radius 2 is 1.67 bits per heavy atom. The number of imidazole rings is 1. The van der Waals surface area contributed by atoms with Crippen molar-refractivity contribution in [3.8, 4) is 22.9 Å². The van der Waals surface area contributed by atoms with Gasteiger partial charge in [0.2, 0.25) is 0 Å². The van der Waals surface area contributed by atoms with Gasteiger partial charge in [-0.3, -0.25) is 4.40 Å². The van der Waals surface area contributed by atoms with Crippen LogP contribution in [0, 0.1) is 11.5 Å². The number of hydrogen-bond donors (Lipinski definition) is 0. The molecule has 3 heteroatoms. The van der Waals surface area contributed by atoms with Gasteiger partial charge in [-0.2, -0.15) is 0 Å². The summed E-state index contributed by atoms with van der Waals surface area (Å²) in [7, 11) is -1.41. The SMILES string of the molecule is C[Si](C)(C)C#Cc1nc(-c2ccccc2)n2ccccc12. The number of aromatic nitrogens is 2. The van der Waals surface area contributed by atoms with Crippen LogP contribution in [0.5, 0.6) is 0 Å². The van der Waals surface area contributed by atoms with Crippen molar-refractivity contribution >= 4 is 13.6 Å². The van der Waals surface area contributed by atoms with Gasteiger partial charge in [-0.15, -0.1) is 5.54 Å². The molecule has 2 nitrogen and oxygen atoms in total. The van der Waals surface area contributed by atoms with E-state index in [0.717, 1.165) is 22.6 Å². The molecule has 1 aromatic carbocycles. The van der Waals surface area contributed by atoms with Gasteiger partial charge in [0.15, 0.2) is 0 Å². The molecule has 0 aliphatic carbocycles. The summed E-state index contributed by atoms with van der Waals surface area (Å²) in [4.78, 5) is 4.77. The second kappa shape index (κ2) is 5.23. The molecule has 0 unspecified atom stereocenters. The Labute approximate surface area is 126 Å². The maximum atomic E-state index is 4.77. The van der Waals surface area contributed by atoms with Crippen molar-refractivity contribution in [1.82, 2.24) is 9.38 Å². The monoisotopic (exact) mass is 290 g/mol. The van der Waals surface area contributed by atoms with Crippen LogP contribution < -0.4 is 0 Å². The van der Waals surface area contributed by atoms with E-state index >= 15 is 0 Å². The Morgan fingerprint density at radius 1 is 0.952 bits per heavy atom. The molecule has 2 heterocycles. The first-order valence-electron chi connectivity index (χ1n) is 7.10. The molecular formula is C18H18N2Si. The second-order valence-corrected chi connectivity index (χ2v) is 10.9. The van der Waals surface area contributed by atoms with Crippen LogP contribution in [0.15, 0.2) is 54.7 Å². The molecule has 0 atom stereocenters. The zero-order valence-electron chi connectivity index (χ0n) is 12.6. The third-order valence-corrected chi connectivity index (χ3v) is 4.01. The van der Waals surface area contributed by atoms with Gasteiger partial charge >= 0.3 is 0 Å². The van der Waals surface area contributed by atoms with Crippen LogP contribution in [-0.2, 0) is 0 Å². The summed E-state index contributed by atoms with van der Waals surface area (Å²) >= 11 is 0. The molecule has 0 saturated heterocycles. The smallest absolute Gasteiger partial charge is 0.146 e. The molecule has 0 N–H and O–H groups in total. The van der Waals surface area contributed by atoms with Gasteiger partial charge in [0.25, 0.3) is 0 Å². The van der Waals surface area contributed by atoms with Crippen molar-refractivity contribution in [2.24, 2.45) is 0 Å². The summed E-state index contributed by atoms with van der Waals surface area (Å²) < 4.78 is 2.11. The van der Waals surface area contributed by atoms with Crippen molar-refractivity contribution < 1.29 is 0 Å². The maximum Gasteiger partial charge on any atom is 0.146 e. The maximum absolute atomic E-state index is 4.77. The van der Waals surface area contributed by atoms with Crippen molar-refractivity contribution in [3.63, 3.8) is 0 Å². The molecule has 3 aromatic rings. The molecule has 0 saturated carbocycles. The van der Waals surface area contributed by atoms with Crippen LogP contribution in [0.25, 0.3) is 16.9 Å². The van der Waals surface area contributed by atoms with E-state index in [9.17, 15) is 0 Å². The van der Waals surface area contributed by atoms with Crippen LogP contribution in [0.2, 0.25) is 19.6 Å². The van der Waals surface area contributed by atoms with Gasteiger partial charge in [0.05, 0.1) is 5.52 Å². The Balaban J connectivity index is 2.21. The quantitative estimate of drug-likeness (QED) is 0.484. The minimum absolute atomic E-state index is 0.872. The van der Waals surface area contributed by atoms with Crippen molar-refractivity contribution in [2.75, 3.05) is 0 Å². The number of fused-ring (bicyclic) bond motifs is 1. The van der Waals surface area contributed by atoms with E-state index < -0.39 is 8.07 Å². The summed E-state index contributed by atoms with van der Waals surface area (Å²) in [5.74, 6) is 4.25. The number of pyridine rings is 1. The largest absolute Gasteiger partial charge is 0.298 e. The van der Waals surface area contributed by atoms with Crippen molar-refractivity contribution in [1.29, 1.82) is 0 Å². The average molecular weight is 290 g/mol. The van der Waals surface area contributed by atoms with Crippen LogP contribution in [0.3, 0.4) is 0 Å². The van der Waals surface area contributed by atoms with Crippen LogP contribution in [0.4, 0.5) is 0 Å². The molecule has 0 bridgehead atoms. The number of hydrogen-bond acceptors (Lipinski definition) is 1. The zero-order chi connectivity index (χ0) is 14.9. The summed E-state index contributed by atoms with van der Waals surface area (Å²) in [6, 6.07) is 16.4. The highest BCUT2D eigenvalue weighted by atomic mass is 28.3. The van der Waals surface area contributed by atoms with Gasteiger partial charge in [0.1, 0.15) is 19.6 Å². The first-order valence-corrected chi connectivity index (χ1v) is 10.6. The lowest BCUT2D eigenvalue weighted by molar-refractivity contribution is 1.16. The topological polar surface area (TPSA) is 17.3 Å². The van der Waals surface area contributed by atoms with Gasteiger partial charge < -0.3 is 0 Å². The van der Waals surface area contributed by atoms with E-state index in [4.69, 9.17) is 4.98 Å². The number of nitrogens with zero attached hydrogens (tertiary/aromatic N) is 2. The summed E-state index contributed by atoms with van der Waals surface area (Å²) in [5, 5.41) is 0. The molecule has 0 aliphatic rings. The van der Waals surface area contributed by atoms with E-state index in [-0.39, 0.29) is 0 Å². The lowest BCUT2D eigenvalue weighted by Gasteiger charge is -2.02. The fourth-order valence-corrected chi connectivity index (χ4v) is 2.66. The van der Waals surface area contributed by atoms with E-state index in [1.165, 1.54) is 0 Å².